The molecule has 4 heterocycles. The van der Waals surface area contributed by atoms with Crippen LogP contribution in [0.5, 0.6) is 0 Å². The zero-order valence-electron chi connectivity index (χ0n) is 15.0. The molecule has 132 valence electrons. The molecule has 0 saturated heterocycles. The van der Waals surface area contributed by atoms with Crippen LogP contribution in [-0.2, 0) is 17.8 Å². The molecular formula is C18H22N4O3. The van der Waals surface area contributed by atoms with Gasteiger partial charge in [-0.25, -0.2) is 15.0 Å². The molecule has 0 aliphatic carbocycles. The molecule has 1 aliphatic rings. The minimum absolute atomic E-state index is 0.0422. The Labute approximate surface area is 145 Å². The Morgan fingerprint density at radius 1 is 1.28 bits per heavy atom. The Kier molecular flexibility index (Phi) is 3.66. The Bertz CT molecular complexity index is 964. The summed E-state index contributed by atoms with van der Waals surface area (Å²) in [6.07, 6.45) is 2.32. The van der Waals surface area contributed by atoms with E-state index in [0.29, 0.717) is 30.3 Å². The number of fused-ring (bicyclic) bond motifs is 5. The molecule has 0 spiro atoms. The van der Waals surface area contributed by atoms with Crippen LogP contribution >= 0.6 is 0 Å². The summed E-state index contributed by atoms with van der Waals surface area (Å²) >= 11 is 0. The van der Waals surface area contributed by atoms with Gasteiger partial charge in [0.25, 0.3) is 0 Å². The molecule has 7 nitrogen and oxygen atoms in total. The second-order valence-electron chi connectivity index (χ2n) is 7.18. The summed E-state index contributed by atoms with van der Waals surface area (Å²) in [6.45, 7) is 7.23. The largest absolute Gasteiger partial charge is 0.432 e. The first kappa shape index (κ1) is 16.2. The molecule has 3 aromatic rings. The number of anilines is 1. The van der Waals surface area contributed by atoms with E-state index in [0.717, 1.165) is 28.6 Å². The van der Waals surface area contributed by atoms with Crippen LogP contribution in [0, 0.1) is 6.92 Å². The Hall–Kier alpha value is -2.25. The summed E-state index contributed by atoms with van der Waals surface area (Å²) in [6, 6.07) is 0. The van der Waals surface area contributed by atoms with E-state index in [4.69, 9.17) is 9.15 Å². The number of aryl methyl sites for hydroxylation is 1. The van der Waals surface area contributed by atoms with Crippen molar-refractivity contribution < 1.29 is 14.3 Å². The van der Waals surface area contributed by atoms with Gasteiger partial charge in [-0.1, -0.05) is 0 Å². The van der Waals surface area contributed by atoms with Crippen LogP contribution in [0.1, 0.15) is 30.7 Å². The maximum atomic E-state index is 9.22. The highest BCUT2D eigenvalue weighted by atomic mass is 16.5. The topological polar surface area (TPSA) is 84.5 Å². The minimum Gasteiger partial charge on any atom is -0.432 e. The molecule has 0 amide bonds. The predicted octanol–water partition coefficient (Wildman–Crippen LogP) is 2.36. The first-order chi connectivity index (χ1) is 11.9. The lowest BCUT2D eigenvalue weighted by Gasteiger charge is -2.32. The highest BCUT2D eigenvalue weighted by Crippen LogP contribution is 2.39. The molecule has 1 N–H and O–H groups in total. The summed E-state index contributed by atoms with van der Waals surface area (Å²) in [5, 5.41) is 10.2. The lowest BCUT2D eigenvalue weighted by Crippen LogP contribution is -2.32. The number of aliphatic hydroxyl groups is 1. The van der Waals surface area contributed by atoms with Crippen LogP contribution in [0.15, 0.2) is 10.7 Å². The highest BCUT2D eigenvalue weighted by Gasteiger charge is 2.31. The van der Waals surface area contributed by atoms with Crippen molar-refractivity contribution in [3.8, 4) is 0 Å². The first-order valence-electron chi connectivity index (χ1n) is 8.43. The van der Waals surface area contributed by atoms with Gasteiger partial charge in [-0.05, 0) is 26.3 Å². The van der Waals surface area contributed by atoms with Crippen LogP contribution < -0.4 is 4.90 Å². The van der Waals surface area contributed by atoms with Crippen molar-refractivity contribution in [1.82, 2.24) is 15.0 Å². The Balaban J connectivity index is 2.02. The van der Waals surface area contributed by atoms with E-state index < -0.39 is 0 Å². The molecule has 0 bridgehead atoms. The molecule has 0 fully saturated rings. The van der Waals surface area contributed by atoms with Crippen LogP contribution in [-0.4, -0.2) is 45.9 Å². The number of pyridine rings is 1. The van der Waals surface area contributed by atoms with E-state index in [-0.39, 0.29) is 12.2 Å². The number of hydrogen-bond acceptors (Lipinski definition) is 7. The van der Waals surface area contributed by atoms with Crippen molar-refractivity contribution in [2.24, 2.45) is 0 Å². The molecule has 1 aliphatic heterocycles. The molecule has 0 aromatic carbocycles. The van der Waals surface area contributed by atoms with Gasteiger partial charge in [0.1, 0.15) is 11.8 Å². The number of aromatic nitrogens is 3. The maximum Gasteiger partial charge on any atom is 0.229 e. The van der Waals surface area contributed by atoms with Crippen molar-refractivity contribution in [2.45, 2.75) is 39.4 Å². The maximum absolute atomic E-state index is 9.22. The third-order valence-corrected chi connectivity index (χ3v) is 4.81. The molecule has 3 aromatic heterocycles. The fraction of sp³-hybridized carbons (Fsp3) is 0.500. The van der Waals surface area contributed by atoms with Gasteiger partial charge < -0.3 is 19.2 Å². The predicted molar refractivity (Wildman–Crippen MR) is 94.8 cm³/mol. The number of ether oxygens (including phenoxy) is 1. The summed E-state index contributed by atoms with van der Waals surface area (Å²) in [5.41, 5.74) is 4.98. The lowest BCUT2D eigenvalue weighted by atomic mass is 9.89. The van der Waals surface area contributed by atoms with Crippen LogP contribution in [0.25, 0.3) is 22.2 Å². The van der Waals surface area contributed by atoms with Crippen LogP contribution in [0.4, 0.5) is 5.82 Å². The molecular weight excluding hydrogens is 320 g/mol. The summed E-state index contributed by atoms with van der Waals surface area (Å²) < 4.78 is 12.0. The molecule has 0 unspecified atom stereocenters. The summed E-state index contributed by atoms with van der Waals surface area (Å²) in [4.78, 5) is 15.3. The van der Waals surface area contributed by atoms with Crippen molar-refractivity contribution in [3.05, 3.63) is 23.1 Å². The van der Waals surface area contributed by atoms with Gasteiger partial charge in [0.05, 0.1) is 24.2 Å². The normalized spacial score (nSPS) is 16.4. The van der Waals surface area contributed by atoms with Gasteiger partial charge in [-0.3, -0.25) is 0 Å². The van der Waals surface area contributed by atoms with Gasteiger partial charge in [0.2, 0.25) is 5.71 Å². The number of furan rings is 1. The highest BCUT2D eigenvalue weighted by molar-refractivity contribution is 6.06. The Morgan fingerprint density at radius 3 is 2.84 bits per heavy atom. The van der Waals surface area contributed by atoms with Crippen LogP contribution in [0.3, 0.4) is 0 Å². The fourth-order valence-corrected chi connectivity index (χ4v) is 3.48. The van der Waals surface area contributed by atoms with Crippen molar-refractivity contribution in [1.29, 1.82) is 0 Å². The van der Waals surface area contributed by atoms with Crippen LogP contribution in [0.2, 0.25) is 0 Å². The average Bonchev–Trinajstić information content (AvgIpc) is 2.92. The lowest BCUT2D eigenvalue weighted by molar-refractivity contribution is -0.0400. The summed E-state index contributed by atoms with van der Waals surface area (Å²) in [5.74, 6) is 0.662. The van der Waals surface area contributed by atoms with E-state index in [9.17, 15) is 5.11 Å². The average molecular weight is 342 g/mol. The third kappa shape index (κ3) is 2.54. The Morgan fingerprint density at radius 2 is 2.08 bits per heavy atom. The van der Waals surface area contributed by atoms with Crippen molar-refractivity contribution >= 4 is 28.0 Å². The number of aliphatic hydroxyl groups excluding tert-OH is 1. The number of nitrogens with zero attached hydrogens (tertiary/aromatic N) is 4. The minimum atomic E-state index is -0.235. The molecule has 7 heteroatoms. The summed E-state index contributed by atoms with van der Waals surface area (Å²) in [7, 11) is 1.87. The zero-order chi connectivity index (χ0) is 17.8. The molecule has 0 atom stereocenters. The number of likely N-dealkylation sites (N-methyl/N-ethyl adjacent to an activating group) is 1. The van der Waals surface area contributed by atoms with Gasteiger partial charge in [-0.15, -0.1) is 0 Å². The second kappa shape index (κ2) is 5.64. The number of hydrogen-bond donors (Lipinski definition) is 1. The monoisotopic (exact) mass is 342 g/mol. The van der Waals surface area contributed by atoms with Gasteiger partial charge in [0.15, 0.2) is 11.4 Å². The smallest absolute Gasteiger partial charge is 0.229 e. The molecule has 4 rings (SSSR count). The van der Waals surface area contributed by atoms with Gasteiger partial charge in [-0.2, -0.15) is 0 Å². The zero-order valence-corrected chi connectivity index (χ0v) is 15.0. The third-order valence-electron chi connectivity index (χ3n) is 4.81. The van der Waals surface area contributed by atoms with Crippen molar-refractivity contribution in [2.75, 3.05) is 25.1 Å². The fourth-order valence-electron chi connectivity index (χ4n) is 3.48. The van der Waals surface area contributed by atoms with E-state index in [1.807, 2.05) is 18.9 Å². The molecule has 0 radical (unpaired) electrons. The van der Waals surface area contributed by atoms with Gasteiger partial charge in [0, 0.05) is 31.3 Å². The standard InChI is InChI=1S/C18H22N4O3/c1-10-12-8-24-18(2,3)7-11(12)13-14-15(25-17(13)21-10)16(20-9-19-14)22(4)5-6-23/h9,23H,5-8H2,1-4H3. The molecule has 0 saturated carbocycles. The number of rotatable bonds is 3. The first-order valence-corrected chi connectivity index (χ1v) is 8.43. The van der Waals surface area contributed by atoms with Gasteiger partial charge >= 0.3 is 0 Å². The van der Waals surface area contributed by atoms with Crippen molar-refractivity contribution in [3.63, 3.8) is 0 Å². The van der Waals surface area contributed by atoms with E-state index >= 15 is 0 Å². The van der Waals surface area contributed by atoms with E-state index in [2.05, 4.69) is 28.8 Å². The molecule has 25 heavy (non-hydrogen) atoms. The SMILES string of the molecule is Cc1nc2oc3c(N(C)CCO)ncnc3c2c2c1COC(C)(C)C2. The van der Waals surface area contributed by atoms with E-state index in [1.54, 1.807) is 0 Å². The quantitative estimate of drug-likeness (QED) is 0.782. The second-order valence-corrected chi connectivity index (χ2v) is 7.18. The van der Waals surface area contributed by atoms with E-state index in [1.165, 1.54) is 11.9 Å².